The van der Waals surface area contributed by atoms with Crippen molar-refractivity contribution < 1.29 is 14.0 Å². The molecule has 1 aromatic heterocycles. The minimum atomic E-state index is -0.218. The highest BCUT2D eigenvalue weighted by Crippen LogP contribution is 2.24. The number of anilines is 1. The van der Waals surface area contributed by atoms with E-state index >= 15 is 0 Å². The van der Waals surface area contributed by atoms with Crippen molar-refractivity contribution in [2.75, 3.05) is 5.73 Å². The molecule has 0 saturated carbocycles. The number of rotatable bonds is 14. The third kappa shape index (κ3) is 8.54. The van der Waals surface area contributed by atoms with Crippen LogP contribution in [0.25, 0.3) is 6.08 Å². The molecule has 1 heterocycles. The predicted molar refractivity (Wildman–Crippen MR) is 126 cm³/mol. The topological polar surface area (TPSA) is 104 Å². The van der Waals surface area contributed by atoms with Gasteiger partial charge in [-0.1, -0.05) is 36.7 Å². The third-order valence-corrected chi connectivity index (χ3v) is 5.07. The number of ketones is 1. The van der Waals surface area contributed by atoms with E-state index in [1.54, 1.807) is 36.6 Å². The van der Waals surface area contributed by atoms with Crippen molar-refractivity contribution in [1.82, 2.24) is 0 Å². The molecule has 2 rings (SSSR count). The van der Waals surface area contributed by atoms with E-state index in [4.69, 9.17) is 20.7 Å². The fraction of sp³-hybridized carbons (Fsp3) is 0.360. The maximum atomic E-state index is 12.6. The summed E-state index contributed by atoms with van der Waals surface area (Å²) in [6.45, 7) is 5.80. The van der Waals surface area contributed by atoms with Crippen molar-refractivity contribution in [3.63, 3.8) is 0 Å². The highest BCUT2D eigenvalue weighted by atomic mass is 16.6. The lowest BCUT2D eigenvalue weighted by Gasteiger charge is -2.24. The van der Waals surface area contributed by atoms with Gasteiger partial charge < -0.3 is 20.7 Å². The van der Waals surface area contributed by atoms with E-state index < -0.39 is 0 Å². The maximum Gasteiger partial charge on any atom is 0.170 e. The Labute approximate surface area is 184 Å². The molecule has 0 spiro atoms. The van der Waals surface area contributed by atoms with E-state index in [1.165, 1.54) is 0 Å². The maximum absolute atomic E-state index is 12.6. The summed E-state index contributed by atoms with van der Waals surface area (Å²) in [4.78, 5) is 18.4. The van der Waals surface area contributed by atoms with Gasteiger partial charge in [-0.15, -0.1) is 6.58 Å². The minimum absolute atomic E-state index is 0.0277. The van der Waals surface area contributed by atoms with Crippen LogP contribution in [0.5, 0.6) is 0 Å². The molecule has 2 atom stereocenters. The normalized spacial score (nSPS) is 13.8. The molecule has 0 amide bonds. The standard InChI is InChI=1S/C25H33N3O3/c1-3-5-6-7-10-19(18-22(29)14-15-23-13-9-16-30-23)24(4-2)31-28-25(27)20-11-8-12-21(26)17-20/h3,8-9,11-17,19,24H,1,4-7,10,18,26H2,2H3,(H2,27,28)/b15-14+. The van der Waals surface area contributed by atoms with Crippen molar-refractivity contribution in [3.05, 3.63) is 72.7 Å². The van der Waals surface area contributed by atoms with Crippen molar-refractivity contribution in [1.29, 1.82) is 0 Å². The van der Waals surface area contributed by atoms with Crippen LogP contribution in [0.2, 0.25) is 0 Å². The number of hydrogen-bond donors (Lipinski definition) is 2. The molecule has 0 radical (unpaired) electrons. The van der Waals surface area contributed by atoms with Gasteiger partial charge in [-0.25, -0.2) is 0 Å². The molecule has 0 aliphatic carbocycles. The summed E-state index contributed by atoms with van der Waals surface area (Å²) in [5.74, 6) is 0.972. The molecule has 0 bridgehead atoms. The van der Waals surface area contributed by atoms with Crippen LogP contribution < -0.4 is 11.5 Å². The summed E-state index contributed by atoms with van der Waals surface area (Å²) in [6, 6.07) is 10.8. The van der Waals surface area contributed by atoms with E-state index in [0.717, 1.165) is 32.1 Å². The van der Waals surface area contributed by atoms with E-state index in [9.17, 15) is 4.79 Å². The second kappa shape index (κ2) is 13.1. The van der Waals surface area contributed by atoms with E-state index in [-0.39, 0.29) is 23.6 Å². The molecular weight excluding hydrogens is 390 g/mol. The highest BCUT2D eigenvalue weighted by Gasteiger charge is 2.24. The van der Waals surface area contributed by atoms with Gasteiger partial charge in [0.2, 0.25) is 0 Å². The fourth-order valence-electron chi connectivity index (χ4n) is 3.37. The molecular formula is C25H33N3O3. The average Bonchev–Trinajstić information content (AvgIpc) is 3.29. The van der Waals surface area contributed by atoms with Crippen molar-refractivity contribution in [3.8, 4) is 0 Å². The van der Waals surface area contributed by atoms with Crippen LogP contribution in [0.3, 0.4) is 0 Å². The minimum Gasteiger partial charge on any atom is -0.465 e. The van der Waals surface area contributed by atoms with Gasteiger partial charge in [0.25, 0.3) is 0 Å². The number of nitrogens with zero attached hydrogens (tertiary/aromatic N) is 1. The smallest absolute Gasteiger partial charge is 0.170 e. The van der Waals surface area contributed by atoms with Gasteiger partial charge in [-0.2, -0.15) is 0 Å². The Morgan fingerprint density at radius 1 is 1.29 bits per heavy atom. The number of carbonyl (C=O) groups is 1. The van der Waals surface area contributed by atoms with Gasteiger partial charge in [0.1, 0.15) is 11.9 Å². The van der Waals surface area contributed by atoms with Crippen LogP contribution >= 0.6 is 0 Å². The number of nitrogen functional groups attached to an aromatic ring is 1. The van der Waals surface area contributed by atoms with Gasteiger partial charge in [-0.3, -0.25) is 4.79 Å². The molecule has 6 nitrogen and oxygen atoms in total. The summed E-state index contributed by atoms with van der Waals surface area (Å²) in [5.41, 5.74) is 13.2. The summed E-state index contributed by atoms with van der Waals surface area (Å²) in [5, 5.41) is 4.14. The lowest BCUT2D eigenvalue weighted by atomic mass is 9.89. The Morgan fingerprint density at radius 2 is 2.13 bits per heavy atom. The zero-order valence-electron chi connectivity index (χ0n) is 18.2. The Balaban J connectivity index is 2.06. The summed E-state index contributed by atoms with van der Waals surface area (Å²) >= 11 is 0. The SMILES string of the molecule is C=CCCCCC(CC(=O)/C=C/c1ccco1)C(CC)O/N=C(\N)c1cccc(N)c1. The largest absolute Gasteiger partial charge is 0.465 e. The lowest BCUT2D eigenvalue weighted by molar-refractivity contribution is -0.117. The number of carbonyl (C=O) groups excluding carboxylic acids is 1. The molecule has 2 unspecified atom stereocenters. The molecule has 0 aliphatic rings. The number of unbranched alkanes of at least 4 members (excludes halogenated alkanes) is 2. The first kappa shape index (κ1) is 24.0. The van der Waals surface area contributed by atoms with Gasteiger partial charge in [0.05, 0.1) is 6.26 Å². The van der Waals surface area contributed by atoms with E-state index in [1.807, 2.05) is 31.2 Å². The van der Waals surface area contributed by atoms with Crippen molar-refractivity contribution in [2.24, 2.45) is 16.8 Å². The molecule has 31 heavy (non-hydrogen) atoms. The monoisotopic (exact) mass is 423 g/mol. The summed E-state index contributed by atoms with van der Waals surface area (Å²) < 4.78 is 5.25. The third-order valence-electron chi connectivity index (χ3n) is 5.07. The van der Waals surface area contributed by atoms with Gasteiger partial charge in [0, 0.05) is 23.6 Å². The molecule has 0 aliphatic heterocycles. The van der Waals surface area contributed by atoms with Crippen LogP contribution in [0, 0.1) is 5.92 Å². The molecule has 4 N–H and O–H groups in total. The average molecular weight is 424 g/mol. The highest BCUT2D eigenvalue weighted by molar-refractivity contribution is 5.97. The summed E-state index contributed by atoms with van der Waals surface area (Å²) in [6.07, 6.45) is 11.4. The number of oxime groups is 1. The van der Waals surface area contributed by atoms with Crippen molar-refractivity contribution >= 4 is 23.4 Å². The second-order valence-electron chi connectivity index (χ2n) is 7.51. The van der Waals surface area contributed by atoms with Crippen molar-refractivity contribution in [2.45, 2.75) is 51.6 Å². The Morgan fingerprint density at radius 3 is 2.81 bits per heavy atom. The van der Waals surface area contributed by atoms with Crippen LogP contribution in [0.1, 0.15) is 56.8 Å². The second-order valence-corrected chi connectivity index (χ2v) is 7.51. The predicted octanol–water partition coefficient (Wildman–Crippen LogP) is 5.31. The van der Waals surface area contributed by atoms with Crippen LogP contribution in [-0.2, 0) is 9.63 Å². The number of nitrogens with two attached hydrogens (primary N) is 2. The van der Waals surface area contributed by atoms with Crippen LogP contribution in [-0.4, -0.2) is 17.7 Å². The Bertz CT molecular complexity index is 872. The fourth-order valence-corrected chi connectivity index (χ4v) is 3.37. The zero-order chi connectivity index (χ0) is 22.5. The van der Waals surface area contributed by atoms with E-state index in [0.29, 0.717) is 23.4 Å². The first-order valence-electron chi connectivity index (χ1n) is 10.7. The van der Waals surface area contributed by atoms with Gasteiger partial charge in [-0.05, 0) is 62.1 Å². The zero-order valence-corrected chi connectivity index (χ0v) is 18.2. The van der Waals surface area contributed by atoms with Gasteiger partial charge >= 0.3 is 0 Å². The Hall–Kier alpha value is -3.28. The number of furan rings is 1. The first-order valence-corrected chi connectivity index (χ1v) is 10.7. The molecule has 2 aromatic rings. The lowest BCUT2D eigenvalue weighted by Crippen LogP contribution is -2.26. The Kier molecular flexibility index (Phi) is 10.1. The summed E-state index contributed by atoms with van der Waals surface area (Å²) in [7, 11) is 0. The van der Waals surface area contributed by atoms with Crippen LogP contribution in [0.15, 0.2) is 71.0 Å². The van der Waals surface area contributed by atoms with E-state index in [2.05, 4.69) is 11.7 Å². The number of allylic oxidation sites excluding steroid dienone is 2. The first-order chi connectivity index (χ1) is 15.0. The molecule has 166 valence electrons. The number of amidine groups is 1. The number of hydrogen-bond acceptors (Lipinski definition) is 5. The molecule has 0 saturated heterocycles. The molecule has 1 aromatic carbocycles. The number of benzene rings is 1. The molecule has 6 heteroatoms. The van der Waals surface area contributed by atoms with Crippen LogP contribution in [0.4, 0.5) is 5.69 Å². The quantitative estimate of drug-likeness (QED) is 0.0815. The van der Waals surface area contributed by atoms with Gasteiger partial charge in [0.15, 0.2) is 11.6 Å². The molecule has 0 fully saturated rings.